The molecule has 0 saturated carbocycles. The summed E-state index contributed by atoms with van der Waals surface area (Å²) in [6.45, 7) is 5.42. The van der Waals surface area contributed by atoms with Crippen LogP contribution in [0.1, 0.15) is 39.5 Å². The highest BCUT2D eigenvalue weighted by molar-refractivity contribution is 5.85. The summed E-state index contributed by atoms with van der Waals surface area (Å²) in [4.78, 5) is 16.6. The summed E-state index contributed by atoms with van der Waals surface area (Å²) < 4.78 is 0. The minimum Gasteiger partial charge on any atom is -0.341 e. The Balaban J connectivity index is 2.68. The molecule has 0 radical (unpaired) electrons. The first-order valence-electron chi connectivity index (χ1n) is 6.87. The van der Waals surface area contributed by atoms with Crippen molar-refractivity contribution in [2.45, 2.75) is 45.6 Å². The molecule has 0 aromatic carbocycles. The van der Waals surface area contributed by atoms with Crippen LogP contribution in [0.15, 0.2) is 0 Å². The van der Waals surface area contributed by atoms with Gasteiger partial charge in [0.2, 0.25) is 5.91 Å². The van der Waals surface area contributed by atoms with Crippen molar-refractivity contribution >= 4 is 5.91 Å². The second-order valence-corrected chi connectivity index (χ2v) is 5.39. The molecule has 1 aliphatic rings. The number of hydrogen-bond donors (Lipinski definition) is 0. The topological polar surface area (TPSA) is 47.3 Å². The molecule has 0 unspecified atom stereocenters. The molecule has 1 amide bonds. The van der Waals surface area contributed by atoms with E-state index in [1.54, 1.807) is 0 Å². The Morgan fingerprint density at radius 1 is 1.33 bits per heavy atom. The van der Waals surface area contributed by atoms with Gasteiger partial charge < -0.3 is 9.80 Å². The maximum Gasteiger partial charge on any atom is 0.243 e. The van der Waals surface area contributed by atoms with E-state index in [0.717, 1.165) is 25.9 Å². The van der Waals surface area contributed by atoms with E-state index in [9.17, 15) is 10.1 Å². The van der Waals surface area contributed by atoms with Crippen molar-refractivity contribution in [1.82, 2.24) is 9.80 Å². The van der Waals surface area contributed by atoms with E-state index in [-0.39, 0.29) is 5.91 Å². The van der Waals surface area contributed by atoms with Crippen LogP contribution < -0.4 is 0 Å². The van der Waals surface area contributed by atoms with Gasteiger partial charge in [-0.1, -0.05) is 13.8 Å². The van der Waals surface area contributed by atoms with E-state index < -0.39 is 5.41 Å². The Bertz CT molecular complexity index is 320. The number of carbonyl (C=O) groups excluding carboxylic acids is 1. The summed E-state index contributed by atoms with van der Waals surface area (Å²) in [5, 5.41) is 9.31. The molecule has 1 heterocycles. The average molecular weight is 251 g/mol. The molecule has 0 aromatic heterocycles. The van der Waals surface area contributed by atoms with Crippen molar-refractivity contribution < 1.29 is 4.79 Å². The van der Waals surface area contributed by atoms with Gasteiger partial charge in [-0.2, -0.15) is 5.26 Å². The van der Waals surface area contributed by atoms with Crippen molar-refractivity contribution in [3.63, 3.8) is 0 Å². The van der Waals surface area contributed by atoms with Crippen molar-refractivity contribution in [2.75, 3.05) is 27.2 Å². The number of amides is 1. The van der Waals surface area contributed by atoms with Crippen LogP contribution in [0.3, 0.4) is 0 Å². The monoisotopic (exact) mass is 251 g/mol. The minimum atomic E-state index is -0.801. The lowest BCUT2D eigenvalue weighted by molar-refractivity contribution is -0.141. The van der Waals surface area contributed by atoms with Crippen molar-refractivity contribution in [3.05, 3.63) is 0 Å². The Kier molecular flexibility index (Phi) is 5.15. The highest BCUT2D eigenvalue weighted by Gasteiger charge is 2.39. The number of likely N-dealkylation sites (tertiary alicyclic amines) is 1. The number of nitrogens with zero attached hydrogens (tertiary/aromatic N) is 3. The Morgan fingerprint density at radius 2 is 1.83 bits per heavy atom. The van der Waals surface area contributed by atoms with Crippen LogP contribution in [0.5, 0.6) is 0 Å². The fourth-order valence-corrected chi connectivity index (χ4v) is 2.65. The van der Waals surface area contributed by atoms with E-state index >= 15 is 0 Å². The predicted octanol–water partition coefficient (Wildman–Crippen LogP) is 1.87. The van der Waals surface area contributed by atoms with E-state index in [1.807, 2.05) is 18.7 Å². The second-order valence-electron chi connectivity index (χ2n) is 5.39. The summed E-state index contributed by atoms with van der Waals surface area (Å²) in [6.07, 6.45) is 3.22. The molecule has 1 aliphatic heterocycles. The number of nitriles is 1. The molecular formula is C14H25N3O. The number of hydrogen-bond acceptors (Lipinski definition) is 3. The summed E-state index contributed by atoms with van der Waals surface area (Å²) in [7, 11) is 4.17. The van der Waals surface area contributed by atoms with Gasteiger partial charge in [0.25, 0.3) is 0 Å². The average Bonchev–Trinajstić information content (AvgIpc) is 2.41. The SMILES string of the molecule is CCC(C#N)(CC)C(=O)N1CCC(N(C)C)CC1. The fraction of sp³-hybridized carbons (Fsp3) is 0.857. The third-order valence-corrected chi connectivity index (χ3v) is 4.31. The first-order chi connectivity index (χ1) is 8.50. The number of piperidine rings is 1. The highest BCUT2D eigenvalue weighted by atomic mass is 16.2. The molecule has 4 nitrogen and oxygen atoms in total. The van der Waals surface area contributed by atoms with Gasteiger partial charge in [-0.25, -0.2) is 0 Å². The summed E-state index contributed by atoms with van der Waals surface area (Å²) in [5.41, 5.74) is -0.801. The lowest BCUT2D eigenvalue weighted by Gasteiger charge is -2.38. The lowest BCUT2D eigenvalue weighted by atomic mass is 9.82. The largest absolute Gasteiger partial charge is 0.341 e. The summed E-state index contributed by atoms with van der Waals surface area (Å²) >= 11 is 0. The standard InChI is InChI=1S/C14H25N3O/c1-5-14(6-2,11-15)13(18)17-9-7-12(8-10-17)16(3)4/h12H,5-10H2,1-4H3. The van der Waals surface area contributed by atoms with Crippen LogP contribution in [0.2, 0.25) is 0 Å². The molecule has 0 spiro atoms. The normalized spacial score (nSPS) is 17.9. The molecule has 0 N–H and O–H groups in total. The molecule has 4 heteroatoms. The van der Waals surface area contributed by atoms with Crippen LogP contribution in [0.4, 0.5) is 0 Å². The van der Waals surface area contributed by atoms with E-state index in [4.69, 9.17) is 0 Å². The van der Waals surface area contributed by atoms with Gasteiger partial charge in [0.05, 0.1) is 6.07 Å². The smallest absolute Gasteiger partial charge is 0.243 e. The van der Waals surface area contributed by atoms with Crippen molar-refractivity contribution in [2.24, 2.45) is 5.41 Å². The molecule has 1 saturated heterocycles. The maximum absolute atomic E-state index is 12.5. The predicted molar refractivity (Wildman–Crippen MR) is 71.9 cm³/mol. The molecule has 0 aromatic rings. The summed E-state index contributed by atoms with van der Waals surface area (Å²) in [6, 6.07) is 2.81. The zero-order valence-corrected chi connectivity index (χ0v) is 12.1. The zero-order chi connectivity index (χ0) is 13.8. The third kappa shape index (κ3) is 2.84. The highest BCUT2D eigenvalue weighted by Crippen LogP contribution is 2.29. The van der Waals surface area contributed by atoms with Crippen LogP contribution in [0.25, 0.3) is 0 Å². The van der Waals surface area contributed by atoms with Crippen LogP contribution in [0, 0.1) is 16.7 Å². The van der Waals surface area contributed by atoms with Gasteiger partial charge in [-0.15, -0.1) is 0 Å². The molecule has 0 atom stereocenters. The van der Waals surface area contributed by atoms with E-state index in [0.29, 0.717) is 18.9 Å². The molecule has 18 heavy (non-hydrogen) atoms. The number of carbonyl (C=O) groups is 1. The van der Waals surface area contributed by atoms with Gasteiger partial charge >= 0.3 is 0 Å². The molecule has 1 fully saturated rings. The van der Waals surface area contributed by atoms with Gasteiger partial charge in [0, 0.05) is 19.1 Å². The van der Waals surface area contributed by atoms with Crippen LogP contribution in [-0.4, -0.2) is 48.9 Å². The number of rotatable bonds is 4. The van der Waals surface area contributed by atoms with Crippen LogP contribution >= 0.6 is 0 Å². The fourth-order valence-electron chi connectivity index (χ4n) is 2.65. The van der Waals surface area contributed by atoms with Gasteiger partial charge in [0.1, 0.15) is 5.41 Å². The summed E-state index contributed by atoms with van der Waals surface area (Å²) in [5.74, 6) is 0.0345. The third-order valence-electron chi connectivity index (χ3n) is 4.31. The Morgan fingerprint density at radius 3 is 2.17 bits per heavy atom. The molecule has 0 aliphatic carbocycles. The molecule has 0 bridgehead atoms. The first kappa shape index (κ1) is 15.0. The molecule has 102 valence electrons. The first-order valence-corrected chi connectivity index (χ1v) is 6.87. The van der Waals surface area contributed by atoms with Gasteiger partial charge in [-0.05, 0) is 39.8 Å². The Hall–Kier alpha value is -1.08. The minimum absolute atomic E-state index is 0.0345. The van der Waals surface area contributed by atoms with E-state index in [2.05, 4.69) is 25.1 Å². The van der Waals surface area contributed by atoms with Gasteiger partial charge in [-0.3, -0.25) is 4.79 Å². The Labute approximate surface area is 111 Å². The maximum atomic E-state index is 12.5. The molecular weight excluding hydrogens is 226 g/mol. The zero-order valence-electron chi connectivity index (χ0n) is 12.1. The van der Waals surface area contributed by atoms with Gasteiger partial charge in [0.15, 0.2) is 0 Å². The molecule has 1 rings (SSSR count). The van der Waals surface area contributed by atoms with E-state index in [1.165, 1.54) is 0 Å². The quantitative estimate of drug-likeness (QED) is 0.766. The van der Waals surface area contributed by atoms with Crippen molar-refractivity contribution in [3.8, 4) is 6.07 Å². The lowest BCUT2D eigenvalue weighted by Crippen LogP contribution is -2.49. The van der Waals surface area contributed by atoms with Crippen molar-refractivity contribution in [1.29, 1.82) is 5.26 Å². The van der Waals surface area contributed by atoms with Crippen LogP contribution in [-0.2, 0) is 4.79 Å². The second kappa shape index (κ2) is 6.19.